The van der Waals surface area contributed by atoms with Crippen molar-refractivity contribution in [1.29, 1.82) is 0 Å². The Hall–Kier alpha value is -2.13. The number of hydrogen-bond donors (Lipinski definition) is 2. The van der Waals surface area contributed by atoms with Crippen molar-refractivity contribution in [3.63, 3.8) is 0 Å². The van der Waals surface area contributed by atoms with Gasteiger partial charge in [0.25, 0.3) is 0 Å². The number of aromatic nitrogens is 2. The molecule has 0 spiro atoms. The number of benzene rings is 1. The predicted octanol–water partition coefficient (Wildman–Crippen LogP) is 1.48. The Morgan fingerprint density at radius 2 is 1.65 bits per heavy atom. The summed E-state index contributed by atoms with van der Waals surface area (Å²) in [5, 5.41) is 13.7. The molecule has 0 aliphatic heterocycles. The first-order valence-electron chi connectivity index (χ1n) is 6.74. The van der Waals surface area contributed by atoms with Crippen LogP contribution in [0, 0.1) is 13.8 Å². The highest BCUT2D eigenvalue weighted by Gasteiger charge is 2.14. The zero-order chi connectivity index (χ0) is 16.8. The van der Waals surface area contributed by atoms with E-state index in [0.717, 1.165) is 10.6 Å². The second-order valence-electron chi connectivity index (χ2n) is 4.82. The van der Waals surface area contributed by atoms with E-state index in [1.54, 1.807) is 19.1 Å². The fourth-order valence-corrected chi connectivity index (χ4v) is 3.12. The minimum Gasteiger partial charge on any atom is -0.325 e. The first-order valence-corrected chi connectivity index (χ1v) is 9.04. The average molecular weight is 352 g/mol. The average Bonchev–Trinajstić information content (AvgIpc) is 2.86. The van der Waals surface area contributed by atoms with Gasteiger partial charge in [-0.1, -0.05) is 29.0 Å². The van der Waals surface area contributed by atoms with E-state index in [9.17, 15) is 13.8 Å². The third-order valence-corrected chi connectivity index (χ3v) is 4.61. The second kappa shape index (κ2) is 7.93. The highest BCUT2D eigenvalue weighted by Crippen LogP contribution is 2.13. The van der Waals surface area contributed by atoms with E-state index < -0.39 is 22.6 Å². The van der Waals surface area contributed by atoms with E-state index in [-0.39, 0.29) is 11.5 Å². The number of carbonyl (C=O) groups excluding carboxylic acids is 2. The number of amides is 2. The molecule has 0 aliphatic rings. The molecule has 1 aromatic carbocycles. The molecular formula is C14H16N4O3S2. The molecule has 0 radical (unpaired) electrons. The predicted molar refractivity (Wildman–Crippen MR) is 91.0 cm³/mol. The molecule has 2 amide bonds. The molecule has 23 heavy (non-hydrogen) atoms. The molecule has 0 aliphatic carbocycles. The number of carbonyl (C=O) groups is 2. The molecule has 7 nitrogen and oxygen atoms in total. The van der Waals surface area contributed by atoms with Crippen molar-refractivity contribution >= 4 is 44.8 Å². The molecule has 1 aromatic heterocycles. The van der Waals surface area contributed by atoms with Gasteiger partial charge in [-0.05, 0) is 26.0 Å². The van der Waals surface area contributed by atoms with Gasteiger partial charge in [0.15, 0.2) is 0 Å². The third-order valence-electron chi connectivity index (χ3n) is 2.69. The van der Waals surface area contributed by atoms with Crippen molar-refractivity contribution < 1.29 is 13.8 Å². The van der Waals surface area contributed by atoms with Crippen molar-refractivity contribution in [2.45, 2.75) is 13.8 Å². The quantitative estimate of drug-likeness (QED) is 0.820. The molecule has 2 rings (SSSR count). The molecule has 0 saturated carbocycles. The van der Waals surface area contributed by atoms with Gasteiger partial charge in [-0.3, -0.25) is 19.1 Å². The van der Waals surface area contributed by atoms with E-state index in [2.05, 4.69) is 20.8 Å². The first-order chi connectivity index (χ1) is 10.9. The monoisotopic (exact) mass is 352 g/mol. The Morgan fingerprint density at radius 1 is 1.04 bits per heavy atom. The molecule has 2 aromatic rings. The summed E-state index contributed by atoms with van der Waals surface area (Å²) in [7, 11) is -1.59. The van der Waals surface area contributed by atoms with E-state index in [1.165, 1.54) is 11.3 Å². The van der Waals surface area contributed by atoms with Crippen LogP contribution in [0.2, 0.25) is 0 Å². The van der Waals surface area contributed by atoms with Gasteiger partial charge in [-0.25, -0.2) is 0 Å². The summed E-state index contributed by atoms with van der Waals surface area (Å²) in [5.74, 6) is -1.36. The van der Waals surface area contributed by atoms with Gasteiger partial charge in [-0.2, -0.15) is 0 Å². The van der Waals surface area contributed by atoms with Crippen molar-refractivity contribution in [2.75, 3.05) is 22.1 Å². The van der Waals surface area contributed by atoms with Gasteiger partial charge in [0, 0.05) is 16.5 Å². The summed E-state index contributed by atoms with van der Waals surface area (Å²) in [4.78, 5) is 23.5. The first kappa shape index (κ1) is 17.2. The topological polar surface area (TPSA) is 101 Å². The SMILES string of the molecule is Cc1ccc(NC(=O)CS(=O)CC(=O)Nc2nnc(C)s2)cc1. The van der Waals surface area contributed by atoms with Crippen molar-refractivity contribution in [3.8, 4) is 0 Å². The minimum atomic E-state index is -1.59. The van der Waals surface area contributed by atoms with Crippen LogP contribution in [0.25, 0.3) is 0 Å². The molecule has 1 heterocycles. The van der Waals surface area contributed by atoms with Crippen LogP contribution >= 0.6 is 11.3 Å². The molecular weight excluding hydrogens is 336 g/mol. The number of nitrogens with one attached hydrogen (secondary N) is 2. The zero-order valence-electron chi connectivity index (χ0n) is 12.7. The largest absolute Gasteiger partial charge is 0.325 e. The fourth-order valence-electron chi connectivity index (χ4n) is 1.68. The normalized spacial score (nSPS) is 11.7. The minimum absolute atomic E-state index is 0.240. The summed E-state index contributed by atoms with van der Waals surface area (Å²) in [5.41, 5.74) is 1.71. The van der Waals surface area contributed by atoms with Gasteiger partial charge < -0.3 is 5.32 Å². The van der Waals surface area contributed by atoms with Crippen LogP contribution in [-0.2, 0) is 20.4 Å². The Labute approximate surface area is 140 Å². The summed E-state index contributed by atoms with van der Waals surface area (Å²) in [6.45, 7) is 3.71. The number of anilines is 2. The summed E-state index contributed by atoms with van der Waals surface area (Å²) < 4.78 is 11.9. The third kappa shape index (κ3) is 5.87. The molecule has 0 saturated heterocycles. The lowest BCUT2D eigenvalue weighted by molar-refractivity contribution is -0.114. The van der Waals surface area contributed by atoms with Crippen LogP contribution in [0.1, 0.15) is 10.6 Å². The molecule has 9 heteroatoms. The Bertz CT molecular complexity index is 728. The molecule has 0 fully saturated rings. The second-order valence-corrected chi connectivity index (χ2v) is 7.46. The van der Waals surface area contributed by atoms with Gasteiger partial charge in [0.2, 0.25) is 16.9 Å². The maximum Gasteiger partial charge on any atom is 0.238 e. The Balaban J connectivity index is 1.78. The lowest BCUT2D eigenvalue weighted by atomic mass is 10.2. The van der Waals surface area contributed by atoms with E-state index in [0.29, 0.717) is 10.8 Å². The van der Waals surface area contributed by atoms with E-state index in [4.69, 9.17) is 0 Å². The molecule has 2 N–H and O–H groups in total. The number of aryl methyl sites for hydroxylation is 2. The summed E-state index contributed by atoms with van der Waals surface area (Å²) in [6.07, 6.45) is 0. The van der Waals surface area contributed by atoms with Crippen molar-refractivity contribution in [2.24, 2.45) is 0 Å². The van der Waals surface area contributed by atoms with Crippen LogP contribution < -0.4 is 10.6 Å². The lowest BCUT2D eigenvalue weighted by Crippen LogP contribution is -2.26. The summed E-state index contributed by atoms with van der Waals surface area (Å²) >= 11 is 1.23. The standard InChI is InChI=1S/C14H16N4O3S2/c1-9-3-5-11(6-4-9)15-12(19)7-23(21)8-13(20)16-14-18-17-10(2)22-14/h3-6H,7-8H2,1-2H3,(H,15,19)(H,16,18,20). The Morgan fingerprint density at radius 3 is 2.22 bits per heavy atom. The maximum absolute atomic E-state index is 11.9. The highest BCUT2D eigenvalue weighted by molar-refractivity contribution is 7.86. The van der Waals surface area contributed by atoms with E-state index >= 15 is 0 Å². The molecule has 0 bridgehead atoms. The number of hydrogen-bond acceptors (Lipinski definition) is 6. The van der Waals surface area contributed by atoms with Crippen LogP contribution in [0.4, 0.5) is 10.8 Å². The van der Waals surface area contributed by atoms with Crippen LogP contribution in [0.3, 0.4) is 0 Å². The molecule has 1 unspecified atom stereocenters. The summed E-state index contributed by atoms with van der Waals surface area (Å²) in [6, 6.07) is 7.26. The van der Waals surface area contributed by atoms with Crippen molar-refractivity contribution in [3.05, 3.63) is 34.8 Å². The number of nitrogens with zero attached hydrogens (tertiary/aromatic N) is 2. The van der Waals surface area contributed by atoms with Gasteiger partial charge in [0.1, 0.15) is 16.5 Å². The number of rotatable bonds is 6. The smallest absolute Gasteiger partial charge is 0.238 e. The van der Waals surface area contributed by atoms with Crippen LogP contribution in [0.15, 0.2) is 24.3 Å². The Kier molecular flexibility index (Phi) is 5.94. The van der Waals surface area contributed by atoms with Crippen LogP contribution in [0.5, 0.6) is 0 Å². The maximum atomic E-state index is 11.9. The van der Waals surface area contributed by atoms with E-state index in [1.807, 2.05) is 19.1 Å². The molecule has 122 valence electrons. The van der Waals surface area contributed by atoms with Gasteiger partial charge >= 0.3 is 0 Å². The highest BCUT2D eigenvalue weighted by atomic mass is 32.2. The molecule has 1 atom stereocenters. The zero-order valence-corrected chi connectivity index (χ0v) is 14.3. The van der Waals surface area contributed by atoms with Crippen LogP contribution in [-0.4, -0.2) is 37.7 Å². The van der Waals surface area contributed by atoms with Gasteiger partial charge in [0.05, 0.1) is 0 Å². The lowest BCUT2D eigenvalue weighted by Gasteiger charge is -2.05. The van der Waals surface area contributed by atoms with Crippen molar-refractivity contribution in [1.82, 2.24) is 10.2 Å². The fraction of sp³-hybridized carbons (Fsp3) is 0.286. The van der Waals surface area contributed by atoms with Gasteiger partial charge in [-0.15, -0.1) is 10.2 Å².